The van der Waals surface area contributed by atoms with Gasteiger partial charge >= 0.3 is 0 Å². The van der Waals surface area contributed by atoms with Crippen LogP contribution in [0.5, 0.6) is 0 Å². The Hall–Kier alpha value is -2.17. The highest BCUT2D eigenvalue weighted by Crippen LogP contribution is 2.29. The van der Waals surface area contributed by atoms with Crippen molar-refractivity contribution in [2.24, 2.45) is 11.8 Å². The smallest absolute Gasteiger partial charge is 0.223 e. The predicted octanol–water partition coefficient (Wildman–Crippen LogP) is 4.26. The molecule has 2 aliphatic carbocycles. The van der Waals surface area contributed by atoms with Crippen LogP contribution in [0.2, 0.25) is 0 Å². The summed E-state index contributed by atoms with van der Waals surface area (Å²) in [7, 11) is 0. The molecular formula is C23H31FN2O2. The zero-order chi connectivity index (χ0) is 19.8. The highest BCUT2D eigenvalue weighted by Gasteiger charge is 2.29. The van der Waals surface area contributed by atoms with Crippen LogP contribution >= 0.6 is 0 Å². The summed E-state index contributed by atoms with van der Waals surface area (Å²) in [6.07, 6.45) is 11.2. The van der Waals surface area contributed by atoms with Crippen LogP contribution in [0, 0.1) is 17.7 Å². The van der Waals surface area contributed by atoms with E-state index in [-0.39, 0.29) is 29.5 Å². The van der Waals surface area contributed by atoms with Gasteiger partial charge in [-0.3, -0.25) is 9.59 Å². The first-order valence-electron chi connectivity index (χ1n) is 10.6. The average Bonchev–Trinajstić information content (AvgIpc) is 2.74. The van der Waals surface area contributed by atoms with Gasteiger partial charge in [0.05, 0.1) is 0 Å². The van der Waals surface area contributed by atoms with E-state index in [1.54, 1.807) is 12.1 Å². The third-order valence-electron chi connectivity index (χ3n) is 5.98. The maximum atomic E-state index is 12.9. The number of hydrogen-bond donors (Lipinski definition) is 2. The standard InChI is InChI=1S/C23H31FN2O2/c24-21-12-6-18(7-13-21)16-26-23(28)20-10-8-19(9-11-20)22(27)25-15-14-17-4-2-1-3-5-17/h4,6-7,12-13,19-20H,1-3,5,8-11,14-16H2,(H,25,27)(H,26,28). The number of carbonyl (C=O) groups excluding carboxylic acids is 2. The first-order valence-corrected chi connectivity index (χ1v) is 10.6. The predicted molar refractivity (Wildman–Crippen MR) is 108 cm³/mol. The third kappa shape index (κ3) is 6.18. The van der Waals surface area contributed by atoms with E-state index in [0.717, 1.165) is 44.2 Å². The molecule has 0 aromatic heterocycles. The lowest BCUT2D eigenvalue weighted by molar-refractivity contribution is -0.130. The molecule has 1 aromatic carbocycles. The van der Waals surface area contributed by atoms with Gasteiger partial charge in [0.25, 0.3) is 0 Å². The van der Waals surface area contributed by atoms with E-state index in [1.165, 1.54) is 43.4 Å². The first kappa shape index (κ1) is 20.6. The molecule has 0 spiro atoms. The van der Waals surface area contributed by atoms with Crippen molar-refractivity contribution >= 4 is 11.8 Å². The van der Waals surface area contributed by atoms with Crippen molar-refractivity contribution in [2.75, 3.05) is 6.54 Å². The Kier molecular flexibility index (Phi) is 7.63. The molecule has 28 heavy (non-hydrogen) atoms. The minimum Gasteiger partial charge on any atom is -0.356 e. The summed E-state index contributed by atoms with van der Waals surface area (Å²) < 4.78 is 12.9. The van der Waals surface area contributed by atoms with Crippen LogP contribution in [0.3, 0.4) is 0 Å². The maximum absolute atomic E-state index is 12.9. The SMILES string of the molecule is O=C(NCCC1=CCCCC1)C1CCC(C(=O)NCc2ccc(F)cc2)CC1. The summed E-state index contributed by atoms with van der Waals surface area (Å²) in [5.41, 5.74) is 2.36. The molecule has 4 nitrogen and oxygen atoms in total. The molecule has 152 valence electrons. The highest BCUT2D eigenvalue weighted by atomic mass is 19.1. The van der Waals surface area contributed by atoms with E-state index in [2.05, 4.69) is 16.7 Å². The minimum absolute atomic E-state index is 0.0292. The molecule has 0 heterocycles. The molecule has 1 saturated carbocycles. The van der Waals surface area contributed by atoms with Gasteiger partial charge in [0.15, 0.2) is 0 Å². The number of carbonyl (C=O) groups is 2. The van der Waals surface area contributed by atoms with Gasteiger partial charge in [-0.1, -0.05) is 23.8 Å². The van der Waals surface area contributed by atoms with Gasteiger partial charge in [0, 0.05) is 24.9 Å². The van der Waals surface area contributed by atoms with Gasteiger partial charge in [-0.15, -0.1) is 0 Å². The van der Waals surface area contributed by atoms with Crippen LogP contribution in [-0.4, -0.2) is 18.4 Å². The van der Waals surface area contributed by atoms with Gasteiger partial charge in [0.1, 0.15) is 5.82 Å². The summed E-state index contributed by atoms with van der Waals surface area (Å²) in [5, 5.41) is 6.02. The Morgan fingerprint density at radius 3 is 2.18 bits per heavy atom. The van der Waals surface area contributed by atoms with Crippen molar-refractivity contribution < 1.29 is 14.0 Å². The zero-order valence-electron chi connectivity index (χ0n) is 16.5. The Bertz CT molecular complexity index is 691. The Morgan fingerprint density at radius 2 is 1.57 bits per heavy atom. The van der Waals surface area contributed by atoms with Crippen molar-refractivity contribution in [3.8, 4) is 0 Å². The van der Waals surface area contributed by atoms with Gasteiger partial charge in [-0.2, -0.15) is 0 Å². The molecule has 0 unspecified atom stereocenters. The average molecular weight is 387 g/mol. The van der Waals surface area contributed by atoms with E-state index in [9.17, 15) is 14.0 Å². The summed E-state index contributed by atoms with van der Waals surface area (Å²) in [6.45, 7) is 1.14. The summed E-state index contributed by atoms with van der Waals surface area (Å²) in [6, 6.07) is 6.16. The van der Waals surface area contributed by atoms with E-state index in [1.807, 2.05) is 0 Å². The number of amides is 2. The molecule has 0 bridgehead atoms. The maximum Gasteiger partial charge on any atom is 0.223 e. The van der Waals surface area contributed by atoms with Crippen molar-refractivity contribution in [2.45, 2.75) is 64.3 Å². The van der Waals surface area contributed by atoms with Crippen molar-refractivity contribution in [3.05, 3.63) is 47.3 Å². The number of hydrogen-bond acceptors (Lipinski definition) is 2. The molecule has 0 radical (unpaired) electrons. The first-order chi connectivity index (χ1) is 13.6. The molecule has 2 N–H and O–H groups in total. The number of halogens is 1. The van der Waals surface area contributed by atoms with Crippen LogP contribution in [0.15, 0.2) is 35.9 Å². The number of allylic oxidation sites excluding steroid dienone is 1. The van der Waals surface area contributed by atoms with Crippen LogP contribution < -0.4 is 10.6 Å². The molecule has 3 rings (SSSR count). The molecule has 0 saturated heterocycles. The molecule has 0 aliphatic heterocycles. The van der Waals surface area contributed by atoms with Gasteiger partial charge in [-0.05, 0) is 75.5 Å². The summed E-state index contributed by atoms with van der Waals surface area (Å²) >= 11 is 0. The lowest BCUT2D eigenvalue weighted by atomic mass is 9.81. The van der Waals surface area contributed by atoms with E-state index >= 15 is 0 Å². The van der Waals surface area contributed by atoms with Crippen molar-refractivity contribution in [1.82, 2.24) is 10.6 Å². The van der Waals surface area contributed by atoms with E-state index < -0.39 is 0 Å². The lowest BCUT2D eigenvalue weighted by Gasteiger charge is -2.27. The second kappa shape index (κ2) is 10.4. The monoisotopic (exact) mass is 386 g/mol. The molecule has 2 aliphatic rings. The second-order valence-electron chi connectivity index (χ2n) is 8.04. The zero-order valence-corrected chi connectivity index (χ0v) is 16.5. The largest absolute Gasteiger partial charge is 0.356 e. The van der Waals surface area contributed by atoms with E-state index in [0.29, 0.717) is 6.54 Å². The molecular weight excluding hydrogens is 355 g/mol. The fourth-order valence-corrected chi connectivity index (χ4v) is 4.18. The lowest BCUT2D eigenvalue weighted by Crippen LogP contribution is -2.37. The molecule has 0 atom stereocenters. The molecule has 1 fully saturated rings. The Labute approximate surface area is 167 Å². The van der Waals surface area contributed by atoms with E-state index in [4.69, 9.17) is 0 Å². The topological polar surface area (TPSA) is 58.2 Å². The number of nitrogens with one attached hydrogen (secondary N) is 2. The number of rotatable bonds is 7. The van der Waals surface area contributed by atoms with Crippen LogP contribution in [-0.2, 0) is 16.1 Å². The van der Waals surface area contributed by atoms with Gasteiger partial charge in [0.2, 0.25) is 11.8 Å². The normalized spacial score (nSPS) is 22.2. The summed E-state index contributed by atoms with van der Waals surface area (Å²) in [5.74, 6) is -0.102. The fraction of sp³-hybridized carbons (Fsp3) is 0.565. The van der Waals surface area contributed by atoms with Crippen molar-refractivity contribution in [1.29, 1.82) is 0 Å². The molecule has 2 amide bonds. The van der Waals surface area contributed by atoms with Crippen molar-refractivity contribution in [3.63, 3.8) is 0 Å². The molecule has 1 aromatic rings. The minimum atomic E-state index is -0.276. The highest BCUT2D eigenvalue weighted by molar-refractivity contribution is 5.81. The Balaban J connectivity index is 1.33. The van der Waals surface area contributed by atoms with Crippen LogP contribution in [0.1, 0.15) is 63.4 Å². The van der Waals surface area contributed by atoms with Gasteiger partial charge in [-0.25, -0.2) is 4.39 Å². The fourth-order valence-electron chi connectivity index (χ4n) is 4.18. The quantitative estimate of drug-likeness (QED) is 0.688. The van der Waals surface area contributed by atoms with Gasteiger partial charge < -0.3 is 10.6 Å². The van der Waals surface area contributed by atoms with Crippen LogP contribution in [0.4, 0.5) is 4.39 Å². The second-order valence-corrected chi connectivity index (χ2v) is 8.04. The summed E-state index contributed by atoms with van der Waals surface area (Å²) in [4.78, 5) is 24.8. The number of benzene rings is 1. The Morgan fingerprint density at radius 1 is 0.929 bits per heavy atom. The molecule has 5 heteroatoms. The van der Waals surface area contributed by atoms with Crippen LogP contribution in [0.25, 0.3) is 0 Å². The third-order valence-corrected chi connectivity index (χ3v) is 5.98.